The zero-order valence-electron chi connectivity index (χ0n) is 17.2. The molecule has 0 bridgehead atoms. The molecule has 3 rings (SSSR count). The van der Waals surface area contributed by atoms with E-state index in [9.17, 15) is 22.8 Å². The molecule has 0 spiro atoms. The van der Waals surface area contributed by atoms with Crippen molar-refractivity contribution in [1.82, 2.24) is 0 Å². The van der Waals surface area contributed by atoms with Crippen molar-refractivity contribution in [2.45, 2.75) is 25.2 Å². The van der Waals surface area contributed by atoms with E-state index in [1.54, 1.807) is 31.2 Å². The lowest BCUT2D eigenvalue weighted by Gasteiger charge is -2.23. The van der Waals surface area contributed by atoms with Crippen LogP contribution in [0, 0.1) is 0 Å². The van der Waals surface area contributed by atoms with Gasteiger partial charge in [0.2, 0.25) is 5.91 Å². The Labute approximate surface area is 179 Å². The van der Waals surface area contributed by atoms with Gasteiger partial charge in [-0.2, -0.15) is 0 Å². The number of ether oxygens (including phenoxy) is 2. The van der Waals surface area contributed by atoms with Crippen molar-refractivity contribution in [2.75, 3.05) is 23.5 Å². The van der Waals surface area contributed by atoms with Crippen LogP contribution in [0.2, 0.25) is 0 Å². The second kappa shape index (κ2) is 8.76. The number of rotatable bonds is 7. The zero-order chi connectivity index (χ0) is 22.8. The maximum atomic E-state index is 12.8. The molecule has 2 N–H and O–H groups in total. The fraction of sp³-hybridized carbons (Fsp3) is 0.286. The summed E-state index contributed by atoms with van der Waals surface area (Å²) in [6.45, 7) is 2.81. The van der Waals surface area contributed by atoms with Gasteiger partial charge in [-0.05, 0) is 44.2 Å². The summed E-state index contributed by atoms with van der Waals surface area (Å²) in [5.74, 6) is -1.96. The van der Waals surface area contributed by atoms with Crippen molar-refractivity contribution in [2.24, 2.45) is 0 Å². The Bertz CT molecular complexity index is 1140. The lowest BCUT2D eigenvalue weighted by molar-refractivity contribution is -0.122. The van der Waals surface area contributed by atoms with Gasteiger partial charge in [0.25, 0.3) is 5.91 Å². The molecule has 0 aromatic heterocycles. The third-order valence-electron chi connectivity index (χ3n) is 4.82. The molecule has 2 aromatic rings. The molecular formula is C21H22N2O7S. The van der Waals surface area contributed by atoms with Gasteiger partial charge in [-0.15, -0.1) is 0 Å². The first-order chi connectivity index (χ1) is 14.6. The molecule has 0 saturated heterocycles. The van der Waals surface area contributed by atoms with Crippen LogP contribution in [0.3, 0.4) is 0 Å². The Kier molecular flexibility index (Phi) is 6.30. The molecule has 10 heteroatoms. The van der Waals surface area contributed by atoms with Crippen LogP contribution >= 0.6 is 0 Å². The molecule has 1 aliphatic rings. The van der Waals surface area contributed by atoms with Crippen molar-refractivity contribution in [1.29, 1.82) is 0 Å². The largest absolute Gasteiger partial charge is 0.495 e. The summed E-state index contributed by atoms with van der Waals surface area (Å²) in [7, 11) is -2.68. The third kappa shape index (κ3) is 4.85. The molecule has 164 valence electrons. The number of amides is 2. The fourth-order valence-electron chi connectivity index (χ4n) is 3.00. The van der Waals surface area contributed by atoms with Crippen LogP contribution in [0.15, 0.2) is 42.5 Å². The lowest BCUT2D eigenvalue weighted by atomic mass is 10.1. The Morgan fingerprint density at radius 3 is 2.65 bits per heavy atom. The van der Waals surface area contributed by atoms with E-state index in [0.29, 0.717) is 17.2 Å². The van der Waals surface area contributed by atoms with Crippen LogP contribution in [-0.2, 0) is 19.4 Å². The predicted octanol–water partition coefficient (Wildman–Crippen LogP) is 2.04. The molecule has 2 atom stereocenters. The highest BCUT2D eigenvalue weighted by molar-refractivity contribution is 7.93. The monoisotopic (exact) mass is 446 g/mol. The molecule has 1 heterocycles. The number of para-hydroxylation sites is 2. The number of sulfone groups is 1. The standard InChI is InChI=1S/C21H22N2O7S/c1-12-21(26)23-16-10-14(8-9-18(16)30-12)20(25)13(2)31(27,28)11-19(24)22-15-6-4-5-7-17(15)29-3/h4-10,12-13H,11H2,1-3H3,(H,22,24)(H,23,26). The van der Waals surface area contributed by atoms with Crippen molar-refractivity contribution < 1.29 is 32.3 Å². The predicted molar refractivity (Wildman–Crippen MR) is 114 cm³/mol. The third-order valence-corrected chi connectivity index (χ3v) is 6.77. The topological polar surface area (TPSA) is 128 Å². The average Bonchev–Trinajstić information content (AvgIpc) is 2.73. The number of benzene rings is 2. The normalized spacial score (nSPS) is 16.4. The van der Waals surface area contributed by atoms with E-state index in [4.69, 9.17) is 9.47 Å². The number of carbonyl (C=O) groups is 3. The number of methoxy groups -OCH3 is 1. The molecule has 2 aromatic carbocycles. The number of carbonyl (C=O) groups excluding carboxylic acids is 3. The van der Waals surface area contributed by atoms with Crippen LogP contribution in [0.4, 0.5) is 11.4 Å². The van der Waals surface area contributed by atoms with Gasteiger partial charge in [-0.25, -0.2) is 8.42 Å². The van der Waals surface area contributed by atoms with Crippen LogP contribution in [-0.4, -0.2) is 50.2 Å². The van der Waals surface area contributed by atoms with Crippen LogP contribution in [0.25, 0.3) is 0 Å². The van der Waals surface area contributed by atoms with Gasteiger partial charge in [0, 0.05) is 5.56 Å². The minimum atomic E-state index is -4.11. The molecule has 2 amide bonds. The number of hydrogen-bond acceptors (Lipinski definition) is 7. The number of nitrogens with one attached hydrogen (secondary N) is 2. The van der Waals surface area contributed by atoms with Gasteiger partial charge in [-0.3, -0.25) is 14.4 Å². The summed E-state index contributed by atoms with van der Waals surface area (Å²) in [6.07, 6.45) is -0.671. The maximum absolute atomic E-state index is 12.8. The van der Waals surface area contributed by atoms with Crippen LogP contribution < -0.4 is 20.1 Å². The number of Topliss-reactive ketones (excluding diaryl/α,β-unsaturated/α-hetero) is 1. The molecular weight excluding hydrogens is 424 g/mol. The Morgan fingerprint density at radius 2 is 1.94 bits per heavy atom. The van der Waals surface area contributed by atoms with Crippen molar-refractivity contribution in [3.63, 3.8) is 0 Å². The Balaban J connectivity index is 1.73. The van der Waals surface area contributed by atoms with E-state index in [0.717, 1.165) is 0 Å². The number of hydrogen-bond donors (Lipinski definition) is 2. The van der Waals surface area contributed by atoms with Crippen molar-refractivity contribution in [3.05, 3.63) is 48.0 Å². The quantitative estimate of drug-likeness (QED) is 0.623. The Morgan fingerprint density at radius 1 is 1.23 bits per heavy atom. The first kappa shape index (κ1) is 22.3. The summed E-state index contributed by atoms with van der Waals surface area (Å²) < 4.78 is 35.9. The first-order valence-electron chi connectivity index (χ1n) is 9.42. The highest BCUT2D eigenvalue weighted by Crippen LogP contribution is 2.31. The van der Waals surface area contributed by atoms with Gasteiger partial charge in [-0.1, -0.05) is 12.1 Å². The summed E-state index contributed by atoms with van der Waals surface area (Å²) in [5, 5.41) is 3.63. The first-order valence-corrected chi connectivity index (χ1v) is 11.1. The lowest BCUT2D eigenvalue weighted by Crippen LogP contribution is -2.35. The van der Waals surface area contributed by atoms with Gasteiger partial charge in [0.15, 0.2) is 21.7 Å². The van der Waals surface area contributed by atoms with Gasteiger partial charge >= 0.3 is 0 Å². The second-order valence-corrected chi connectivity index (χ2v) is 9.34. The minimum Gasteiger partial charge on any atom is -0.495 e. The number of ketones is 1. The van der Waals surface area contributed by atoms with E-state index in [2.05, 4.69) is 10.6 Å². The minimum absolute atomic E-state index is 0.0819. The molecule has 0 fully saturated rings. The molecule has 1 aliphatic heterocycles. The molecule has 2 unspecified atom stereocenters. The van der Waals surface area contributed by atoms with E-state index < -0.39 is 38.6 Å². The van der Waals surface area contributed by atoms with E-state index >= 15 is 0 Å². The summed E-state index contributed by atoms with van der Waals surface area (Å²) in [6, 6.07) is 10.8. The molecule has 31 heavy (non-hydrogen) atoms. The van der Waals surface area contributed by atoms with E-state index in [1.807, 2.05) is 0 Å². The smallest absolute Gasteiger partial charge is 0.265 e. The SMILES string of the molecule is COc1ccccc1NC(=O)CS(=O)(=O)C(C)C(=O)c1ccc2c(c1)NC(=O)C(C)O2. The van der Waals surface area contributed by atoms with Crippen molar-refractivity contribution in [3.8, 4) is 11.5 Å². The Hall–Kier alpha value is -3.40. The second-order valence-electron chi connectivity index (χ2n) is 7.02. The van der Waals surface area contributed by atoms with Crippen LogP contribution in [0.1, 0.15) is 24.2 Å². The van der Waals surface area contributed by atoms with Crippen LogP contribution in [0.5, 0.6) is 11.5 Å². The van der Waals surface area contributed by atoms with Gasteiger partial charge in [0.1, 0.15) is 22.5 Å². The average molecular weight is 446 g/mol. The number of anilines is 2. The van der Waals surface area contributed by atoms with Crippen molar-refractivity contribution >= 4 is 38.8 Å². The summed E-state index contributed by atoms with van der Waals surface area (Å²) >= 11 is 0. The fourth-order valence-corrected chi connectivity index (χ4v) is 4.15. The molecule has 0 radical (unpaired) electrons. The van der Waals surface area contributed by atoms with E-state index in [-0.39, 0.29) is 17.2 Å². The molecule has 0 saturated carbocycles. The zero-order valence-corrected chi connectivity index (χ0v) is 18.0. The summed E-state index contributed by atoms with van der Waals surface area (Å²) in [4.78, 5) is 36.9. The summed E-state index contributed by atoms with van der Waals surface area (Å²) in [5.41, 5.74) is 0.690. The van der Waals surface area contributed by atoms with Gasteiger partial charge < -0.3 is 20.1 Å². The van der Waals surface area contributed by atoms with E-state index in [1.165, 1.54) is 32.2 Å². The maximum Gasteiger partial charge on any atom is 0.265 e. The highest BCUT2D eigenvalue weighted by Gasteiger charge is 2.32. The molecule has 0 aliphatic carbocycles. The molecule has 9 nitrogen and oxygen atoms in total. The highest BCUT2D eigenvalue weighted by atomic mass is 32.2. The number of fused-ring (bicyclic) bond motifs is 1. The van der Waals surface area contributed by atoms with Gasteiger partial charge in [0.05, 0.1) is 18.5 Å².